The molecule has 1 aliphatic rings. The number of hydrogen-bond donors (Lipinski definition) is 2. The van der Waals surface area contributed by atoms with E-state index in [0.717, 1.165) is 25.6 Å². The lowest BCUT2D eigenvalue weighted by atomic mass is 10.2. The van der Waals surface area contributed by atoms with Gasteiger partial charge in [-0.2, -0.15) is 0 Å². The number of rotatable bonds is 4. The summed E-state index contributed by atoms with van der Waals surface area (Å²) in [7, 11) is 0. The van der Waals surface area contributed by atoms with Gasteiger partial charge in [0.25, 0.3) is 5.91 Å². The average molecular weight is 315 g/mol. The molecule has 3 rings (SSSR count). The van der Waals surface area contributed by atoms with E-state index in [2.05, 4.69) is 9.97 Å². The fraction of sp³-hybridized carbons (Fsp3) is 0.200. The molecule has 0 spiro atoms. The van der Waals surface area contributed by atoms with Crippen LogP contribution in [0.1, 0.15) is 27.3 Å². The molecule has 23 heavy (non-hydrogen) atoms. The largest absolute Gasteiger partial charge is 0.508 e. The molecule has 0 bridgehead atoms. The molecule has 0 saturated carbocycles. The van der Waals surface area contributed by atoms with E-state index in [0.29, 0.717) is 0 Å². The number of hydrogen-bond acceptors (Lipinski definition) is 6. The zero-order valence-electron chi connectivity index (χ0n) is 12.0. The molecule has 1 saturated heterocycles. The number of aromatic nitrogens is 2. The van der Waals surface area contributed by atoms with E-state index < -0.39 is 5.97 Å². The van der Waals surface area contributed by atoms with Gasteiger partial charge in [-0.15, -0.1) is 0 Å². The van der Waals surface area contributed by atoms with E-state index in [1.54, 1.807) is 4.90 Å². The number of carbonyl (C=O) groups excluding carboxylic acids is 1. The Kier molecular flexibility index (Phi) is 3.80. The molecule has 2 heterocycles. The van der Waals surface area contributed by atoms with Crippen LogP contribution in [0.25, 0.3) is 0 Å². The molecule has 118 valence electrons. The van der Waals surface area contributed by atoms with Gasteiger partial charge in [0.15, 0.2) is 0 Å². The summed E-state index contributed by atoms with van der Waals surface area (Å²) in [6, 6.07) is 3.62. The molecular formula is C15H13N3O5. The third-order valence-corrected chi connectivity index (χ3v) is 3.35. The molecular weight excluding hydrogens is 302 g/mol. The number of amides is 1. The Bertz CT molecular complexity index is 756. The number of benzene rings is 1. The molecule has 0 radical (unpaired) electrons. The van der Waals surface area contributed by atoms with Crippen LogP contribution in [0.5, 0.6) is 17.4 Å². The van der Waals surface area contributed by atoms with E-state index >= 15 is 0 Å². The van der Waals surface area contributed by atoms with Crippen LogP contribution < -0.4 is 4.74 Å². The van der Waals surface area contributed by atoms with Gasteiger partial charge in [-0.3, -0.25) is 4.79 Å². The number of carbonyl (C=O) groups is 2. The third kappa shape index (κ3) is 3.20. The summed E-state index contributed by atoms with van der Waals surface area (Å²) < 4.78 is 5.36. The van der Waals surface area contributed by atoms with Crippen molar-refractivity contribution in [1.82, 2.24) is 14.9 Å². The van der Waals surface area contributed by atoms with Crippen LogP contribution in [0.4, 0.5) is 0 Å². The van der Waals surface area contributed by atoms with Crippen molar-refractivity contribution in [2.75, 3.05) is 13.1 Å². The highest BCUT2D eigenvalue weighted by atomic mass is 16.5. The molecule has 0 aliphatic carbocycles. The minimum Gasteiger partial charge on any atom is -0.508 e. The van der Waals surface area contributed by atoms with Crippen molar-refractivity contribution < 1.29 is 24.5 Å². The second-order valence-corrected chi connectivity index (χ2v) is 5.01. The molecule has 2 N–H and O–H groups in total. The first kappa shape index (κ1) is 14.8. The SMILES string of the molecule is O=C(O)c1cc(O)cc(Oc2cnc(C(=O)N3CCC3)cn2)c1. The van der Waals surface area contributed by atoms with E-state index in [-0.39, 0.29) is 34.5 Å². The van der Waals surface area contributed by atoms with Crippen LogP contribution in [0.15, 0.2) is 30.6 Å². The number of likely N-dealkylation sites (tertiary alicyclic amines) is 1. The molecule has 1 aromatic carbocycles. The lowest BCUT2D eigenvalue weighted by molar-refractivity contribution is 0.0643. The van der Waals surface area contributed by atoms with Gasteiger partial charge in [0.2, 0.25) is 5.88 Å². The second-order valence-electron chi connectivity index (χ2n) is 5.01. The Morgan fingerprint density at radius 1 is 1.13 bits per heavy atom. The predicted molar refractivity (Wildman–Crippen MR) is 77.7 cm³/mol. The fourth-order valence-electron chi connectivity index (χ4n) is 2.05. The number of carboxylic acids is 1. The Morgan fingerprint density at radius 3 is 2.48 bits per heavy atom. The zero-order valence-corrected chi connectivity index (χ0v) is 12.0. The lowest BCUT2D eigenvalue weighted by Crippen LogP contribution is -2.42. The smallest absolute Gasteiger partial charge is 0.335 e. The third-order valence-electron chi connectivity index (χ3n) is 3.35. The average Bonchev–Trinajstić information content (AvgIpc) is 2.45. The molecule has 1 aromatic heterocycles. The number of aromatic carboxylic acids is 1. The van der Waals surface area contributed by atoms with Crippen LogP contribution >= 0.6 is 0 Å². The molecule has 8 heteroatoms. The maximum Gasteiger partial charge on any atom is 0.335 e. The Hall–Kier alpha value is -3.16. The fourth-order valence-corrected chi connectivity index (χ4v) is 2.05. The summed E-state index contributed by atoms with van der Waals surface area (Å²) in [4.78, 5) is 32.5. The van der Waals surface area contributed by atoms with Crippen molar-refractivity contribution in [1.29, 1.82) is 0 Å². The number of ether oxygens (including phenoxy) is 1. The summed E-state index contributed by atoms with van der Waals surface area (Å²) in [5.74, 6) is -1.41. The summed E-state index contributed by atoms with van der Waals surface area (Å²) >= 11 is 0. The normalized spacial score (nSPS) is 13.3. The number of aromatic hydroxyl groups is 1. The molecule has 8 nitrogen and oxygen atoms in total. The van der Waals surface area contributed by atoms with Crippen molar-refractivity contribution in [2.24, 2.45) is 0 Å². The van der Waals surface area contributed by atoms with Crippen LogP contribution in [0.2, 0.25) is 0 Å². The highest BCUT2D eigenvalue weighted by Crippen LogP contribution is 2.25. The first-order valence-corrected chi connectivity index (χ1v) is 6.89. The van der Waals surface area contributed by atoms with Crippen LogP contribution in [0.3, 0.4) is 0 Å². The summed E-state index contributed by atoms with van der Waals surface area (Å²) in [6.07, 6.45) is 3.57. The standard InChI is InChI=1S/C15H13N3O5/c19-10-4-9(15(21)22)5-11(6-10)23-13-8-16-12(7-17-13)14(20)18-2-1-3-18/h4-8,19H,1-3H2,(H,21,22). The quantitative estimate of drug-likeness (QED) is 0.879. The Labute approximate surface area is 131 Å². The molecule has 0 unspecified atom stereocenters. The highest BCUT2D eigenvalue weighted by molar-refractivity contribution is 5.92. The van der Waals surface area contributed by atoms with Crippen LogP contribution in [0, 0.1) is 0 Å². The van der Waals surface area contributed by atoms with Crippen molar-refractivity contribution in [3.05, 3.63) is 41.9 Å². The van der Waals surface area contributed by atoms with Gasteiger partial charge in [0, 0.05) is 19.2 Å². The van der Waals surface area contributed by atoms with Crippen molar-refractivity contribution in [3.63, 3.8) is 0 Å². The molecule has 1 fully saturated rings. The minimum absolute atomic E-state index is 0.0899. The number of nitrogens with zero attached hydrogens (tertiary/aromatic N) is 3. The van der Waals surface area contributed by atoms with Gasteiger partial charge in [0.05, 0.1) is 18.0 Å². The molecule has 0 atom stereocenters. The summed E-state index contributed by atoms with van der Waals surface area (Å²) in [6.45, 7) is 1.44. The first-order chi connectivity index (χ1) is 11.0. The second kappa shape index (κ2) is 5.91. The zero-order chi connectivity index (χ0) is 16.4. The predicted octanol–water partition coefficient (Wildman–Crippen LogP) is 1.52. The summed E-state index contributed by atoms with van der Waals surface area (Å²) in [5.41, 5.74) is 0.108. The van der Waals surface area contributed by atoms with Crippen LogP contribution in [-0.2, 0) is 0 Å². The van der Waals surface area contributed by atoms with Crippen LogP contribution in [-0.4, -0.2) is 50.0 Å². The summed E-state index contributed by atoms with van der Waals surface area (Å²) in [5, 5.41) is 18.4. The van der Waals surface area contributed by atoms with Gasteiger partial charge in [-0.1, -0.05) is 0 Å². The van der Waals surface area contributed by atoms with Crippen molar-refractivity contribution >= 4 is 11.9 Å². The Morgan fingerprint density at radius 2 is 1.91 bits per heavy atom. The lowest BCUT2D eigenvalue weighted by Gasteiger charge is -2.30. The van der Waals surface area contributed by atoms with Crippen molar-refractivity contribution in [3.8, 4) is 17.4 Å². The molecule has 2 aromatic rings. The maximum atomic E-state index is 11.9. The number of phenolic OH excluding ortho intramolecular Hbond substituents is 1. The monoisotopic (exact) mass is 315 g/mol. The van der Waals surface area contributed by atoms with E-state index in [4.69, 9.17) is 9.84 Å². The van der Waals surface area contributed by atoms with E-state index in [9.17, 15) is 14.7 Å². The number of phenols is 1. The maximum absolute atomic E-state index is 11.9. The van der Waals surface area contributed by atoms with Gasteiger partial charge in [-0.25, -0.2) is 14.8 Å². The van der Waals surface area contributed by atoms with Gasteiger partial charge >= 0.3 is 5.97 Å². The van der Waals surface area contributed by atoms with E-state index in [1.165, 1.54) is 24.5 Å². The van der Waals surface area contributed by atoms with Gasteiger partial charge in [-0.05, 0) is 18.6 Å². The highest BCUT2D eigenvalue weighted by Gasteiger charge is 2.22. The molecule has 1 amide bonds. The first-order valence-electron chi connectivity index (χ1n) is 6.89. The van der Waals surface area contributed by atoms with Gasteiger partial charge < -0.3 is 19.8 Å². The number of carboxylic acid groups (broad SMARTS) is 1. The Balaban J connectivity index is 1.75. The minimum atomic E-state index is -1.19. The van der Waals surface area contributed by atoms with E-state index in [1.807, 2.05) is 0 Å². The van der Waals surface area contributed by atoms with Gasteiger partial charge in [0.1, 0.15) is 17.2 Å². The molecule has 1 aliphatic heterocycles. The van der Waals surface area contributed by atoms with Crippen molar-refractivity contribution in [2.45, 2.75) is 6.42 Å². The topological polar surface area (TPSA) is 113 Å².